The Kier molecular flexibility index (Phi) is 6.30. The van der Waals surface area contributed by atoms with Crippen LogP contribution in [0, 0.1) is 0 Å². The van der Waals surface area contributed by atoms with E-state index in [4.69, 9.17) is 23.2 Å². The van der Waals surface area contributed by atoms with Crippen molar-refractivity contribution in [3.63, 3.8) is 0 Å². The van der Waals surface area contributed by atoms with Crippen molar-refractivity contribution in [2.75, 3.05) is 6.54 Å². The quantitative estimate of drug-likeness (QED) is 0.701. The second-order valence-electron chi connectivity index (χ2n) is 4.46. The molecule has 0 fully saturated rings. The van der Waals surface area contributed by atoms with E-state index in [9.17, 15) is 0 Å². The first kappa shape index (κ1) is 16.2. The Hall–Kier alpha value is -0.130. The van der Waals surface area contributed by atoms with Crippen LogP contribution >= 0.6 is 50.5 Å². The highest BCUT2D eigenvalue weighted by Gasteiger charge is 2.17. The molecule has 0 spiro atoms. The molecule has 0 radical (unpaired) electrons. The Balaban J connectivity index is 2.22. The Morgan fingerprint density at radius 2 is 2.20 bits per heavy atom. The van der Waals surface area contributed by atoms with E-state index >= 15 is 0 Å². The summed E-state index contributed by atoms with van der Waals surface area (Å²) in [5.74, 6) is 0. The summed E-state index contributed by atoms with van der Waals surface area (Å²) in [6.07, 6.45) is 3.58. The summed E-state index contributed by atoms with van der Waals surface area (Å²) < 4.78 is 1.11. The second-order valence-corrected chi connectivity index (χ2v) is 7.22. The number of nitrogens with zero attached hydrogens (tertiary/aromatic N) is 1. The number of pyridine rings is 1. The van der Waals surface area contributed by atoms with E-state index in [1.54, 1.807) is 23.6 Å². The maximum atomic E-state index is 6.28. The first-order valence-corrected chi connectivity index (χ1v) is 8.80. The molecule has 2 nitrogen and oxygen atoms in total. The maximum absolute atomic E-state index is 6.28. The third-order valence-corrected chi connectivity index (χ3v) is 5.06. The molecule has 0 aliphatic rings. The van der Waals surface area contributed by atoms with E-state index in [2.05, 4.69) is 44.6 Å². The SMILES string of the molecule is CCCNC(Cc1cc(Br)cs1)c1ncc(Cl)cc1Cl. The monoisotopic (exact) mass is 392 g/mol. The van der Waals surface area contributed by atoms with Gasteiger partial charge in [-0.05, 0) is 41.0 Å². The van der Waals surface area contributed by atoms with E-state index in [1.807, 2.05) is 0 Å². The van der Waals surface area contributed by atoms with Crippen LogP contribution in [0.4, 0.5) is 0 Å². The van der Waals surface area contributed by atoms with E-state index < -0.39 is 0 Å². The summed E-state index contributed by atoms with van der Waals surface area (Å²) >= 11 is 17.4. The van der Waals surface area contributed by atoms with Crippen molar-refractivity contribution in [2.24, 2.45) is 0 Å². The van der Waals surface area contributed by atoms with Gasteiger partial charge in [-0.15, -0.1) is 11.3 Å². The van der Waals surface area contributed by atoms with Gasteiger partial charge in [0.05, 0.1) is 21.8 Å². The van der Waals surface area contributed by atoms with Gasteiger partial charge in [0.2, 0.25) is 0 Å². The van der Waals surface area contributed by atoms with Crippen LogP contribution in [0.2, 0.25) is 10.0 Å². The van der Waals surface area contributed by atoms with Crippen molar-refractivity contribution < 1.29 is 0 Å². The van der Waals surface area contributed by atoms with Crippen LogP contribution in [-0.2, 0) is 6.42 Å². The molecule has 0 aromatic carbocycles. The smallest absolute Gasteiger partial charge is 0.0763 e. The van der Waals surface area contributed by atoms with Gasteiger partial charge in [0.15, 0.2) is 0 Å². The van der Waals surface area contributed by atoms with Gasteiger partial charge in [0.1, 0.15) is 0 Å². The summed E-state index contributed by atoms with van der Waals surface area (Å²) in [4.78, 5) is 5.69. The number of hydrogen-bond donors (Lipinski definition) is 1. The number of rotatable bonds is 6. The first-order chi connectivity index (χ1) is 9.60. The van der Waals surface area contributed by atoms with Crippen molar-refractivity contribution in [1.82, 2.24) is 10.3 Å². The predicted molar refractivity (Wildman–Crippen MR) is 91.0 cm³/mol. The zero-order valence-electron chi connectivity index (χ0n) is 11.0. The molecule has 0 saturated carbocycles. The molecule has 0 aliphatic carbocycles. The Morgan fingerprint density at radius 3 is 2.80 bits per heavy atom. The minimum atomic E-state index is 0.102. The molecule has 2 aromatic heterocycles. The highest BCUT2D eigenvalue weighted by molar-refractivity contribution is 9.10. The maximum Gasteiger partial charge on any atom is 0.0763 e. The van der Waals surface area contributed by atoms with Crippen LogP contribution in [0.25, 0.3) is 0 Å². The van der Waals surface area contributed by atoms with Crippen molar-refractivity contribution in [3.05, 3.63) is 48.8 Å². The van der Waals surface area contributed by atoms with E-state index in [1.165, 1.54) is 4.88 Å². The Morgan fingerprint density at radius 1 is 1.40 bits per heavy atom. The van der Waals surface area contributed by atoms with Gasteiger partial charge in [0, 0.05) is 27.3 Å². The van der Waals surface area contributed by atoms with E-state index in [0.29, 0.717) is 10.0 Å². The lowest BCUT2D eigenvalue weighted by Crippen LogP contribution is -2.25. The van der Waals surface area contributed by atoms with Gasteiger partial charge in [-0.25, -0.2) is 0 Å². The van der Waals surface area contributed by atoms with Crippen LogP contribution in [0.5, 0.6) is 0 Å². The second kappa shape index (κ2) is 7.76. The molecule has 108 valence electrons. The van der Waals surface area contributed by atoms with Crippen molar-refractivity contribution >= 4 is 50.5 Å². The fourth-order valence-corrected chi connectivity index (χ4v) is 3.94. The van der Waals surface area contributed by atoms with Gasteiger partial charge < -0.3 is 5.32 Å². The van der Waals surface area contributed by atoms with Crippen LogP contribution in [-0.4, -0.2) is 11.5 Å². The molecule has 20 heavy (non-hydrogen) atoms. The fraction of sp³-hybridized carbons (Fsp3) is 0.357. The molecular weight excluding hydrogens is 379 g/mol. The molecule has 1 N–H and O–H groups in total. The highest BCUT2D eigenvalue weighted by Crippen LogP contribution is 2.29. The number of nitrogens with one attached hydrogen (secondary N) is 1. The largest absolute Gasteiger partial charge is 0.308 e. The average Bonchev–Trinajstić information content (AvgIpc) is 2.80. The van der Waals surface area contributed by atoms with Gasteiger partial charge >= 0.3 is 0 Å². The molecule has 6 heteroatoms. The van der Waals surface area contributed by atoms with Crippen molar-refractivity contribution in [2.45, 2.75) is 25.8 Å². The molecule has 2 aromatic rings. The number of thiophene rings is 1. The molecule has 2 rings (SSSR count). The van der Waals surface area contributed by atoms with Crippen molar-refractivity contribution in [3.8, 4) is 0 Å². The molecule has 0 amide bonds. The van der Waals surface area contributed by atoms with E-state index in [-0.39, 0.29) is 6.04 Å². The van der Waals surface area contributed by atoms with Crippen LogP contribution in [0.3, 0.4) is 0 Å². The predicted octanol–water partition coefficient (Wildman–Crippen LogP) is 5.50. The summed E-state index contributed by atoms with van der Waals surface area (Å²) in [6, 6.07) is 3.98. The Bertz CT molecular complexity index is 574. The summed E-state index contributed by atoms with van der Waals surface area (Å²) in [5.41, 5.74) is 0.856. The normalized spacial score (nSPS) is 12.6. The summed E-state index contributed by atoms with van der Waals surface area (Å²) in [5, 5.41) is 6.77. The first-order valence-electron chi connectivity index (χ1n) is 6.37. The van der Waals surface area contributed by atoms with Crippen LogP contribution < -0.4 is 5.32 Å². The standard InChI is InChI=1S/C14H15BrCl2N2S/c1-2-3-18-13(6-11-4-9(15)8-20-11)14-12(17)5-10(16)7-19-14/h4-5,7-8,13,18H,2-3,6H2,1H3. The minimum Gasteiger partial charge on any atom is -0.308 e. The molecule has 2 heterocycles. The molecule has 0 aliphatic heterocycles. The van der Waals surface area contributed by atoms with Gasteiger partial charge in [0.25, 0.3) is 0 Å². The zero-order chi connectivity index (χ0) is 14.5. The van der Waals surface area contributed by atoms with Gasteiger partial charge in [-0.3, -0.25) is 4.98 Å². The number of halogens is 3. The molecular formula is C14H15BrCl2N2S. The van der Waals surface area contributed by atoms with Gasteiger partial charge in [-0.2, -0.15) is 0 Å². The van der Waals surface area contributed by atoms with E-state index in [0.717, 1.165) is 29.6 Å². The molecule has 0 saturated heterocycles. The van der Waals surface area contributed by atoms with Gasteiger partial charge in [-0.1, -0.05) is 30.1 Å². The summed E-state index contributed by atoms with van der Waals surface area (Å²) in [7, 11) is 0. The third kappa shape index (κ3) is 4.43. The average molecular weight is 394 g/mol. The highest BCUT2D eigenvalue weighted by atomic mass is 79.9. The molecule has 1 atom stereocenters. The zero-order valence-corrected chi connectivity index (χ0v) is 14.9. The topological polar surface area (TPSA) is 24.9 Å². The molecule has 1 unspecified atom stereocenters. The fourth-order valence-electron chi connectivity index (χ4n) is 1.93. The third-order valence-electron chi connectivity index (χ3n) is 2.83. The number of hydrogen-bond acceptors (Lipinski definition) is 3. The lowest BCUT2D eigenvalue weighted by Gasteiger charge is -2.18. The van der Waals surface area contributed by atoms with Crippen molar-refractivity contribution in [1.29, 1.82) is 0 Å². The Labute approximate surface area is 141 Å². The van der Waals surface area contributed by atoms with Crippen LogP contribution in [0.15, 0.2) is 28.2 Å². The molecule has 0 bridgehead atoms. The number of aromatic nitrogens is 1. The lowest BCUT2D eigenvalue weighted by molar-refractivity contribution is 0.521. The minimum absolute atomic E-state index is 0.102. The van der Waals surface area contributed by atoms with Crippen LogP contribution in [0.1, 0.15) is 30.0 Å². The summed E-state index contributed by atoms with van der Waals surface area (Å²) in [6.45, 7) is 3.07. The lowest BCUT2D eigenvalue weighted by atomic mass is 10.1.